The van der Waals surface area contributed by atoms with Crippen LogP contribution in [0.15, 0.2) is 0 Å². The van der Waals surface area contributed by atoms with Crippen LogP contribution in [0.25, 0.3) is 0 Å². The summed E-state index contributed by atoms with van der Waals surface area (Å²) in [5.74, 6) is 0. The molecule has 16 heavy (non-hydrogen) atoms. The molecule has 0 fully saturated rings. The van der Waals surface area contributed by atoms with E-state index in [0.717, 1.165) is 13.0 Å². The third-order valence-electron chi connectivity index (χ3n) is 2.20. The Morgan fingerprint density at radius 2 is 2.00 bits per heavy atom. The monoisotopic (exact) mass is 235 g/mol. The van der Waals surface area contributed by atoms with Gasteiger partial charge in [-0.25, -0.2) is 0 Å². The van der Waals surface area contributed by atoms with E-state index < -0.39 is 18.2 Å². The largest absolute Gasteiger partial charge is 0.389 e. The van der Waals surface area contributed by atoms with Crippen molar-refractivity contribution in [2.45, 2.75) is 31.6 Å². The molecule has 0 aromatic rings. The fourth-order valence-electron chi connectivity index (χ4n) is 1.15. The third-order valence-corrected chi connectivity index (χ3v) is 2.20. The molecule has 6 nitrogen and oxygen atoms in total. The smallest absolute Gasteiger partial charge is 0.105 e. The van der Waals surface area contributed by atoms with Crippen LogP contribution in [0, 0.1) is 0 Å². The SMILES string of the molecule is CC(N)[C@@H](O)[C@H](O)COCCNCCCN. The second kappa shape index (κ2) is 9.95. The molecule has 0 bridgehead atoms. The summed E-state index contributed by atoms with van der Waals surface area (Å²) in [7, 11) is 0. The van der Waals surface area contributed by atoms with Gasteiger partial charge in [0, 0.05) is 12.6 Å². The standard InChI is InChI=1S/C10H25N3O3/c1-8(12)10(15)9(14)7-16-6-5-13-4-2-3-11/h8-10,13-15H,2-7,11-12H2,1H3/t8?,9-,10-/m1/s1. The lowest BCUT2D eigenvalue weighted by molar-refractivity contribution is -0.0441. The van der Waals surface area contributed by atoms with Crippen molar-refractivity contribution in [2.24, 2.45) is 11.5 Å². The average Bonchev–Trinajstić information content (AvgIpc) is 2.26. The van der Waals surface area contributed by atoms with E-state index >= 15 is 0 Å². The predicted octanol–water partition coefficient (Wildman–Crippen LogP) is -1.99. The number of hydrogen-bond acceptors (Lipinski definition) is 6. The topological polar surface area (TPSA) is 114 Å². The minimum absolute atomic E-state index is 0.0985. The molecule has 0 rings (SSSR count). The van der Waals surface area contributed by atoms with Crippen LogP contribution in [0.5, 0.6) is 0 Å². The number of aliphatic hydroxyl groups is 2. The number of ether oxygens (including phenoxy) is 1. The molecule has 0 spiro atoms. The number of hydrogen-bond donors (Lipinski definition) is 5. The summed E-state index contributed by atoms with van der Waals surface area (Å²) in [5, 5.41) is 22.0. The first-order valence-electron chi connectivity index (χ1n) is 5.69. The Morgan fingerprint density at radius 1 is 1.31 bits per heavy atom. The zero-order chi connectivity index (χ0) is 12.4. The van der Waals surface area contributed by atoms with Crippen LogP contribution in [0.1, 0.15) is 13.3 Å². The van der Waals surface area contributed by atoms with Crippen LogP contribution in [0.3, 0.4) is 0 Å². The molecule has 0 heterocycles. The van der Waals surface area contributed by atoms with Gasteiger partial charge in [0.1, 0.15) is 6.10 Å². The van der Waals surface area contributed by atoms with Crippen LogP contribution in [0.4, 0.5) is 0 Å². The Balaban J connectivity index is 3.31. The molecule has 0 saturated heterocycles. The van der Waals surface area contributed by atoms with Gasteiger partial charge in [0.25, 0.3) is 0 Å². The van der Waals surface area contributed by atoms with Gasteiger partial charge in [-0.1, -0.05) is 0 Å². The lowest BCUT2D eigenvalue weighted by atomic mass is 10.1. The van der Waals surface area contributed by atoms with E-state index in [9.17, 15) is 10.2 Å². The molecule has 6 heteroatoms. The summed E-state index contributed by atoms with van der Waals surface area (Å²) in [6, 6.07) is -0.457. The van der Waals surface area contributed by atoms with Gasteiger partial charge in [-0.2, -0.15) is 0 Å². The highest BCUT2D eigenvalue weighted by molar-refractivity contribution is 4.74. The lowest BCUT2D eigenvalue weighted by Crippen LogP contribution is -2.43. The van der Waals surface area contributed by atoms with E-state index in [1.54, 1.807) is 6.92 Å². The van der Waals surface area contributed by atoms with Gasteiger partial charge in [-0.15, -0.1) is 0 Å². The van der Waals surface area contributed by atoms with Gasteiger partial charge in [0.2, 0.25) is 0 Å². The van der Waals surface area contributed by atoms with Crippen molar-refractivity contribution in [3.63, 3.8) is 0 Å². The third kappa shape index (κ3) is 7.98. The molecule has 3 atom stereocenters. The number of aliphatic hydroxyl groups excluding tert-OH is 2. The average molecular weight is 235 g/mol. The maximum absolute atomic E-state index is 9.44. The summed E-state index contributed by atoms with van der Waals surface area (Å²) in [6.45, 7) is 4.48. The maximum Gasteiger partial charge on any atom is 0.105 e. The van der Waals surface area contributed by atoms with Crippen LogP contribution in [-0.2, 0) is 4.74 Å². The number of rotatable bonds is 10. The van der Waals surface area contributed by atoms with Crippen LogP contribution >= 0.6 is 0 Å². The van der Waals surface area contributed by atoms with Crippen molar-refractivity contribution >= 4 is 0 Å². The summed E-state index contributed by atoms with van der Waals surface area (Å²) in [5.41, 5.74) is 10.8. The number of nitrogens with one attached hydrogen (secondary N) is 1. The quantitative estimate of drug-likeness (QED) is 0.280. The van der Waals surface area contributed by atoms with Gasteiger partial charge in [-0.05, 0) is 26.4 Å². The molecule has 0 radical (unpaired) electrons. The fourth-order valence-corrected chi connectivity index (χ4v) is 1.15. The second-order valence-electron chi connectivity index (χ2n) is 3.88. The van der Waals surface area contributed by atoms with Gasteiger partial charge < -0.3 is 31.7 Å². The Kier molecular flexibility index (Phi) is 9.80. The molecule has 0 amide bonds. The molecule has 98 valence electrons. The highest BCUT2D eigenvalue weighted by atomic mass is 16.5. The van der Waals surface area contributed by atoms with Crippen LogP contribution in [0.2, 0.25) is 0 Å². The molecule has 0 aliphatic heterocycles. The van der Waals surface area contributed by atoms with E-state index in [1.165, 1.54) is 0 Å². The summed E-state index contributed by atoms with van der Waals surface area (Å²) >= 11 is 0. The highest BCUT2D eigenvalue weighted by Gasteiger charge is 2.19. The first kappa shape index (κ1) is 15.8. The molecule has 0 saturated carbocycles. The second-order valence-corrected chi connectivity index (χ2v) is 3.88. The molecule has 0 aliphatic carbocycles. The first-order chi connectivity index (χ1) is 7.59. The maximum atomic E-state index is 9.44. The molecule has 0 aromatic carbocycles. The molecule has 0 aliphatic rings. The van der Waals surface area contributed by atoms with Gasteiger partial charge in [0.05, 0.1) is 19.3 Å². The van der Waals surface area contributed by atoms with E-state index in [2.05, 4.69) is 5.32 Å². The van der Waals surface area contributed by atoms with Crippen LogP contribution in [-0.4, -0.2) is 61.3 Å². The van der Waals surface area contributed by atoms with Crippen molar-refractivity contribution in [2.75, 3.05) is 32.8 Å². The summed E-state index contributed by atoms with van der Waals surface area (Å²) < 4.78 is 5.19. The minimum Gasteiger partial charge on any atom is -0.389 e. The van der Waals surface area contributed by atoms with E-state index in [1.807, 2.05) is 0 Å². The van der Waals surface area contributed by atoms with E-state index in [-0.39, 0.29) is 6.61 Å². The Hall–Kier alpha value is -0.240. The molecular weight excluding hydrogens is 210 g/mol. The predicted molar refractivity (Wildman–Crippen MR) is 63.0 cm³/mol. The Morgan fingerprint density at radius 3 is 2.56 bits per heavy atom. The minimum atomic E-state index is -0.940. The zero-order valence-corrected chi connectivity index (χ0v) is 9.93. The van der Waals surface area contributed by atoms with Crippen molar-refractivity contribution in [1.29, 1.82) is 0 Å². The molecule has 1 unspecified atom stereocenters. The summed E-state index contributed by atoms with van der Waals surface area (Å²) in [6.07, 6.45) is -0.930. The molecular formula is C10H25N3O3. The van der Waals surface area contributed by atoms with Crippen molar-refractivity contribution in [3.05, 3.63) is 0 Å². The van der Waals surface area contributed by atoms with Crippen molar-refractivity contribution in [1.82, 2.24) is 5.32 Å². The lowest BCUT2D eigenvalue weighted by Gasteiger charge is -2.20. The van der Waals surface area contributed by atoms with Crippen molar-refractivity contribution in [3.8, 4) is 0 Å². The van der Waals surface area contributed by atoms with E-state index in [0.29, 0.717) is 19.7 Å². The Labute approximate surface area is 97.0 Å². The normalized spacial score (nSPS) is 17.1. The van der Waals surface area contributed by atoms with Gasteiger partial charge >= 0.3 is 0 Å². The highest BCUT2D eigenvalue weighted by Crippen LogP contribution is 1.98. The van der Waals surface area contributed by atoms with Crippen molar-refractivity contribution < 1.29 is 14.9 Å². The van der Waals surface area contributed by atoms with Gasteiger partial charge in [0.15, 0.2) is 0 Å². The summed E-state index contributed by atoms with van der Waals surface area (Å²) in [4.78, 5) is 0. The molecule has 7 N–H and O–H groups in total. The Bertz CT molecular complexity index is 158. The van der Waals surface area contributed by atoms with Gasteiger partial charge in [-0.3, -0.25) is 0 Å². The number of nitrogens with two attached hydrogens (primary N) is 2. The molecule has 0 aromatic heterocycles. The fraction of sp³-hybridized carbons (Fsp3) is 1.00. The van der Waals surface area contributed by atoms with Crippen LogP contribution < -0.4 is 16.8 Å². The zero-order valence-electron chi connectivity index (χ0n) is 9.93. The van der Waals surface area contributed by atoms with E-state index in [4.69, 9.17) is 16.2 Å². The first-order valence-corrected chi connectivity index (χ1v) is 5.69.